The Morgan fingerprint density at radius 1 is 1.16 bits per heavy atom. The van der Waals surface area contributed by atoms with Gasteiger partial charge in [0.1, 0.15) is 0 Å². The van der Waals surface area contributed by atoms with Crippen molar-refractivity contribution in [3.05, 3.63) is 57.0 Å². The second-order valence-electron chi connectivity index (χ2n) is 5.93. The lowest BCUT2D eigenvalue weighted by Gasteiger charge is -2.18. The molecule has 1 N–H and O–H groups in total. The molecular weight excluding hydrogens is 383 g/mol. The Labute approximate surface area is 160 Å². The Morgan fingerprint density at radius 2 is 1.92 bits per heavy atom. The van der Waals surface area contributed by atoms with E-state index in [1.54, 1.807) is 30.3 Å². The summed E-state index contributed by atoms with van der Waals surface area (Å²) < 4.78 is 0. The first kappa shape index (κ1) is 18.1. The first-order chi connectivity index (χ1) is 11.9. The van der Waals surface area contributed by atoms with E-state index in [2.05, 4.69) is 5.32 Å². The van der Waals surface area contributed by atoms with Gasteiger partial charge in [0, 0.05) is 23.7 Å². The normalized spacial score (nSPS) is 17.0. The summed E-state index contributed by atoms with van der Waals surface area (Å²) in [6.45, 7) is 2.14. The molecule has 0 spiro atoms. The molecule has 0 aliphatic carbocycles. The molecule has 0 aromatic heterocycles. The number of carbonyl (C=O) groups excluding carboxylic acids is 2. The minimum absolute atomic E-state index is 0.119. The zero-order chi connectivity index (χ0) is 18.1. The molecule has 2 aromatic carbocycles. The maximum atomic E-state index is 12.5. The molecule has 1 aliphatic heterocycles. The minimum atomic E-state index is -0.470. The second kappa shape index (κ2) is 7.24. The molecule has 7 heteroatoms. The second-order valence-corrected chi connectivity index (χ2v) is 7.12. The van der Waals surface area contributed by atoms with Crippen LogP contribution < -0.4 is 10.2 Å². The molecular formula is C18H15Cl3N2O2. The van der Waals surface area contributed by atoms with Crippen LogP contribution >= 0.6 is 34.8 Å². The van der Waals surface area contributed by atoms with Gasteiger partial charge in [0.15, 0.2) is 0 Å². The maximum Gasteiger partial charge on any atom is 0.229 e. The van der Waals surface area contributed by atoms with Crippen molar-refractivity contribution in [2.45, 2.75) is 13.3 Å². The summed E-state index contributed by atoms with van der Waals surface area (Å²) in [6, 6.07) is 10.4. The molecule has 1 atom stereocenters. The highest BCUT2D eigenvalue weighted by Crippen LogP contribution is 2.36. The van der Waals surface area contributed by atoms with Gasteiger partial charge in [-0.25, -0.2) is 0 Å². The highest BCUT2D eigenvalue weighted by atomic mass is 35.5. The molecule has 4 nitrogen and oxygen atoms in total. The fourth-order valence-corrected chi connectivity index (χ4v) is 3.31. The van der Waals surface area contributed by atoms with E-state index in [4.69, 9.17) is 34.8 Å². The maximum absolute atomic E-state index is 12.5. The first-order valence-electron chi connectivity index (χ1n) is 7.68. The number of amides is 2. The molecule has 0 unspecified atom stereocenters. The number of hydrogen-bond donors (Lipinski definition) is 1. The molecule has 0 saturated carbocycles. The number of aryl methyl sites for hydroxylation is 1. The third-order valence-corrected chi connectivity index (χ3v) is 5.37. The molecule has 25 heavy (non-hydrogen) atoms. The number of hydrogen-bond acceptors (Lipinski definition) is 2. The van der Waals surface area contributed by atoms with Gasteiger partial charge < -0.3 is 10.2 Å². The van der Waals surface area contributed by atoms with Gasteiger partial charge in [-0.1, -0.05) is 46.9 Å². The number of nitrogens with one attached hydrogen (secondary N) is 1. The van der Waals surface area contributed by atoms with Gasteiger partial charge in [-0.05, 0) is 36.8 Å². The van der Waals surface area contributed by atoms with Crippen molar-refractivity contribution in [1.82, 2.24) is 0 Å². The van der Waals surface area contributed by atoms with Gasteiger partial charge in [0.2, 0.25) is 11.8 Å². The van der Waals surface area contributed by atoms with Gasteiger partial charge in [-0.3, -0.25) is 9.59 Å². The van der Waals surface area contributed by atoms with E-state index < -0.39 is 5.92 Å². The van der Waals surface area contributed by atoms with Gasteiger partial charge in [0.05, 0.1) is 21.7 Å². The number of halogens is 3. The Balaban J connectivity index is 1.74. The lowest BCUT2D eigenvalue weighted by atomic mass is 10.1. The molecule has 0 bridgehead atoms. The quantitative estimate of drug-likeness (QED) is 0.797. The van der Waals surface area contributed by atoms with E-state index in [1.165, 1.54) is 4.90 Å². The van der Waals surface area contributed by atoms with Crippen LogP contribution in [0.3, 0.4) is 0 Å². The molecule has 1 saturated heterocycles. The monoisotopic (exact) mass is 396 g/mol. The third-order valence-electron chi connectivity index (χ3n) is 4.16. The summed E-state index contributed by atoms with van der Waals surface area (Å²) >= 11 is 18.3. The van der Waals surface area contributed by atoms with Crippen molar-refractivity contribution in [2.24, 2.45) is 5.92 Å². The minimum Gasteiger partial charge on any atom is -0.326 e. The van der Waals surface area contributed by atoms with Crippen molar-refractivity contribution < 1.29 is 9.59 Å². The topological polar surface area (TPSA) is 49.4 Å². The molecule has 130 valence electrons. The molecule has 2 amide bonds. The van der Waals surface area contributed by atoms with E-state index >= 15 is 0 Å². The Kier molecular flexibility index (Phi) is 5.23. The van der Waals surface area contributed by atoms with Crippen molar-refractivity contribution in [3.8, 4) is 0 Å². The summed E-state index contributed by atoms with van der Waals surface area (Å²) in [6.07, 6.45) is 0.119. The summed E-state index contributed by atoms with van der Waals surface area (Å²) in [5.41, 5.74) is 2.05. The van der Waals surface area contributed by atoms with Gasteiger partial charge in [0.25, 0.3) is 0 Å². The molecule has 1 aliphatic rings. The standard InChI is InChI=1S/C18H15Cl3N2O2/c1-10-5-6-12(8-14(10)20)22-18(25)11-7-16(24)23(9-11)15-4-2-3-13(19)17(15)21/h2-6,8,11H,7,9H2,1H3,(H,22,25)/t11-/m0/s1. The van der Waals surface area contributed by atoms with Gasteiger partial charge in [-0.2, -0.15) is 0 Å². The van der Waals surface area contributed by atoms with E-state index in [0.29, 0.717) is 26.4 Å². The highest BCUT2D eigenvalue weighted by Gasteiger charge is 2.36. The number of benzene rings is 2. The van der Waals surface area contributed by atoms with Crippen LogP contribution in [0.15, 0.2) is 36.4 Å². The lowest BCUT2D eigenvalue weighted by Crippen LogP contribution is -2.28. The van der Waals surface area contributed by atoms with Crippen LogP contribution in [0, 0.1) is 12.8 Å². The van der Waals surface area contributed by atoms with Crippen molar-refractivity contribution >= 4 is 58.0 Å². The van der Waals surface area contributed by atoms with Crippen LogP contribution in [0.2, 0.25) is 15.1 Å². The molecule has 1 heterocycles. The van der Waals surface area contributed by atoms with Gasteiger partial charge in [-0.15, -0.1) is 0 Å². The van der Waals surface area contributed by atoms with Gasteiger partial charge >= 0.3 is 0 Å². The number of nitrogens with zero attached hydrogens (tertiary/aromatic N) is 1. The average molecular weight is 398 g/mol. The van der Waals surface area contributed by atoms with Crippen molar-refractivity contribution in [2.75, 3.05) is 16.8 Å². The number of anilines is 2. The van der Waals surface area contributed by atoms with E-state index in [-0.39, 0.29) is 24.8 Å². The molecule has 1 fully saturated rings. The first-order valence-corrected chi connectivity index (χ1v) is 8.81. The Bertz CT molecular complexity index is 854. The van der Waals surface area contributed by atoms with Crippen LogP contribution in [-0.4, -0.2) is 18.4 Å². The van der Waals surface area contributed by atoms with Crippen LogP contribution in [0.25, 0.3) is 0 Å². The zero-order valence-electron chi connectivity index (χ0n) is 13.4. The fraction of sp³-hybridized carbons (Fsp3) is 0.222. The Hall–Kier alpha value is -1.75. The van der Waals surface area contributed by atoms with Crippen LogP contribution in [0.5, 0.6) is 0 Å². The average Bonchev–Trinajstić information content (AvgIpc) is 2.95. The smallest absolute Gasteiger partial charge is 0.229 e. The summed E-state index contributed by atoms with van der Waals surface area (Å²) in [5.74, 6) is -0.859. The fourth-order valence-electron chi connectivity index (χ4n) is 2.73. The molecule has 0 radical (unpaired) electrons. The van der Waals surface area contributed by atoms with Crippen LogP contribution in [0.1, 0.15) is 12.0 Å². The zero-order valence-corrected chi connectivity index (χ0v) is 15.6. The lowest BCUT2D eigenvalue weighted by molar-refractivity contribution is -0.122. The van der Waals surface area contributed by atoms with E-state index in [9.17, 15) is 9.59 Å². The number of carbonyl (C=O) groups is 2. The Morgan fingerprint density at radius 3 is 2.64 bits per heavy atom. The van der Waals surface area contributed by atoms with Crippen LogP contribution in [-0.2, 0) is 9.59 Å². The van der Waals surface area contributed by atoms with E-state index in [1.807, 2.05) is 13.0 Å². The number of rotatable bonds is 3. The van der Waals surface area contributed by atoms with Crippen LogP contribution in [0.4, 0.5) is 11.4 Å². The third kappa shape index (κ3) is 3.76. The molecule has 3 rings (SSSR count). The van der Waals surface area contributed by atoms with Crippen molar-refractivity contribution in [1.29, 1.82) is 0 Å². The van der Waals surface area contributed by atoms with Crippen molar-refractivity contribution in [3.63, 3.8) is 0 Å². The largest absolute Gasteiger partial charge is 0.326 e. The summed E-state index contributed by atoms with van der Waals surface area (Å²) in [7, 11) is 0. The molecule has 2 aromatic rings. The summed E-state index contributed by atoms with van der Waals surface area (Å²) in [4.78, 5) is 26.3. The predicted molar refractivity (Wildman–Crippen MR) is 102 cm³/mol. The highest BCUT2D eigenvalue weighted by molar-refractivity contribution is 6.44. The SMILES string of the molecule is Cc1ccc(NC(=O)[C@H]2CC(=O)N(c3cccc(Cl)c3Cl)C2)cc1Cl. The predicted octanol–water partition coefficient (Wildman–Crippen LogP) is 4.95. The summed E-state index contributed by atoms with van der Waals surface area (Å²) in [5, 5.41) is 4.06. The van der Waals surface area contributed by atoms with E-state index in [0.717, 1.165) is 5.56 Å².